The average molecular weight is 318 g/mol. The quantitative estimate of drug-likeness (QED) is 0.795. The lowest BCUT2D eigenvalue weighted by Crippen LogP contribution is -2.49. The first-order chi connectivity index (χ1) is 11.3. The fraction of sp³-hybridized carbons (Fsp3) is 0.812. The van der Waals surface area contributed by atoms with Gasteiger partial charge in [0.2, 0.25) is 5.91 Å². The van der Waals surface area contributed by atoms with E-state index in [-0.39, 0.29) is 5.91 Å². The zero-order chi connectivity index (χ0) is 15.6. The van der Waals surface area contributed by atoms with Crippen molar-refractivity contribution in [3.63, 3.8) is 0 Å². The number of hydrogen-bond acceptors (Lipinski definition) is 5. The minimum atomic E-state index is 0.124. The second-order valence-corrected chi connectivity index (χ2v) is 7.08. The maximum atomic E-state index is 12.2. The molecule has 7 heteroatoms. The Morgan fingerprint density at radius 1 is 1.17 bits per heavy atom. The van der Waals surface area contributed by atoms with Gasteiger partial charge < -0.3 is 15.5 Å². The molecule has 126 valence electrons. The van der Waals surface area contributed by atoms with Gasteiger partial charge in [-0.3, -0.25) is 4.79 Å². The number of nitrogens with zero attached hydrogens (tertiary/aromatic N) is 4. The molecule has 3 heterocycles. The Labute approximate surface area is 136 Å². The van der Waals surface area contributed by atoms with Gasteiger partial charge in [-0.15, -0.1) is 0 Å². The summed E-state index contributed by atoms with van der Waals surface area (Å²) in [6.45, 7) is 3.49. The number of amides is 1. The van der Waals surface area contributed by atoms with Crippen molar-refractivity contribution >= 4 is 5.91 Å². The van der Waals surface area contributed by atoms with Crippen LogP contribution in [-0.2, 0) is 17.8 Å². The highest BCUT2D eigenvalue weighted by molar-refractivity contribution is 5.78. The second kappa shape index (κ2) is 6.57. The minimum Gasteiger partial charge on any atom is -0.352 e. The van der Waals surface area contributed by atoms with Gasteiger partial charge in [-0.1, -0.05) is 0 Å². The number of carbonyl (C=O) groups is 1. The molecular formula is C16H26N6O. The van der Waals surface area contributed by atoms with Crippen LogP contribution >= 0.6 is 0 Å². The Balaban J connectivity index is 1.16. The van der Waals surface area contributed by atoms with Crippen LogP contribution in [0.25, 0.3) is 0 Å². The lowest BCUT2D eigenvalue weighted by atomic mass is 10.0. The molecule has 2 N–H and O–H groups in total. The Hall–Kier alpha value is -1.47. The van der Waals surface area contributed by atoms with Gasteiger partial charge >= 0.3 is 0 Å². The predicted molar refractivity (Wildman–Crippen MR) is 85.9 cm³/mol. The fourth-order valence-electron chi connectivity index (χ4n) is 3.77. The molecule has 7 nitrogen and oxygen atoms in total. The van der Waals surface area contributed by atoms with E-state index in [9.17, 15) is 4.79 Å². The predicted octanol–water partition coefficient (Wildman–Crippen LogP) is -0.0745. The van der Waals surface area contributed by atoms with Gasteiger partial charge in [-0.2, -0.15) is 5.10 Å². The molecule has 1 saturated carbocycles. The van der Waals surface area contributed by atoms with Crippen molar-refractivity contribution in [3.05, 3.63) is 12.2 Å². The van der Waals surface area contributed by atoms with Crippen LogP contribution in [-0.4, -0.2) is 63.3 Å². The molecule has 3 aliphatic rings. The van der Waals surface area contributed by atoms with Gasteiger partial charge in [0.1, 0.15) is 12.2 Å². The van der Waals surface area contributed by atoms with Gasteiger partial charge in [0, 0.05) is 37.6 Å². The normalized spacial score (nSPS) is 26.0. The van der Waals surface area contributed by atoms with E-state index in [2.05, 4.69) is 25.6 Å². The molecule has 1 atom stereocenters. The van der Waals surface area contributed by atoms with Crippen LogP contribution < -0.4 is 10.6 Å². The number of fused-ring (bicyclic) bond motifs is 1. The largest absolute Gasteiger partial charge is 0.352 e. The summed E-state index contributed by atoms with van der Waals surface area (Å²) in [5.41, 5.74) is 0. The average Bonchev–Trinajstić information content (AvgIpc) is 3.31. The summed E-state index contributed by atoms with van der Waals surface area (Å²) in [7, 11) is 0. The van der Waals surface area contributed by atoms with Gasteiger partial charge in [0.05, 0.1) is 13.1 Å². The molecule has 1 amide bonds. The van der Waals surface area contributed by atoms with Crippen LogP contribution in [0.5, 0.6) is 0 Å². The van der Waals surface area contributed by atoms with Gasteiger partial charge in [0.15, 0.2) is 0 Å². The molecule has 1 aliphatic carbocycles. The van der Waals surface area contributed by atoms with Crippen LogP contribution in [0.15, 0.2) is 6.33 Å². The molecule has 23 heavy (non-hydrogen) atoms. The van der Waals surface area contributed by atoms with Crippen molar-refractivity contribution in [2.75, 3.05) is 19.6 Å². The van der Waals surface area contributed by atoms with Crippen molar-refractivity contribution in [1.29, 1.82) is 0 Å². The second-order valence-electron chi connectivity index (χ2n) is 7.08. The van der Waals surface area contributed by atoms with Crippen LogP contribution in [0.1, 0.15) is 37.9 Å². The van der Waals surface area contributed by atoms with Crippen molar-refractivity contribution in [2.45, 2.75) is 63.2 Å². The summed E-state index contributed by atoms with van der Waals surface area (Å²) >= 11 is 0. The summed E-state index contributed by atoms with van der Waals surface area (Å²) in [6.07, 6.45) is 8.48. The van der Waals surface area contributed by atoms with E-state index in [1.165, 1.54) is 12.8 Å². The number of piperidine rings is 1. The first kappa shape index (κ1) is 15.1. The molecule has 4 rings (SSSR count). The highest BCUT2D eigenvalue weighted by atomic mass is 16.2. The third kappa shape index (κ3) is 3.72. The highest BCUT2D eigenvalue weighted by Crippen LogP contribution is 2.29. The topological polar surface area (TPSA) is 75.1 Å². The number of likely N-dealkylation sites (tertiary alicyclic amines) is 1. The fourth-order valence-corrected chi connectivity index (χ4v) is 3.77. The van der Waals surface area contributed by atoms with Crippen LogP contribution in [0.2, 0.25) is 0 Å². The van der Waals surface area contributed by atoms with E-state index in [0.717, 1.165) is 57.2 Å². The zero-order valence-corrected chi connectivity index (χ0v) is 13.6. The monoisotopic (exact) mass is 318 g/mol. The molecule has 0 radical (unpaired) electrons. The van der Waals surface area contributed by atoms with Crippen LogP contribution in [0.4, 0.5) is 0 Å². The smallest absolute Gasteiger partial charge is 0.234 e. The van der Waals surface area contributed by atoms with E-state index < -0.39 is 0 Å². The lowest BCUT2D eigenvalue weighted by molar-refractivity contribution is -0.121. The molecule has 0 bridgehead atoms. The molecular weight excluding hydrogens is 292 g/mol. The third-order valence-electron chi connectivity index (χ3n) is 5.31. The maximum Gasteiger partial charge on any atom is 0.234 e. The molecule has 0 aromatic carbocycles. The Bertz CT molecular complexity index is 547. The molecule has 1 aromatic rings. The molecule has 1 aromatic heterocycles. The summed E-state index contributed by atoms with van der Waals surface area (Å²) in [5, 5.41) is 10.8. The van der Waals surface area contributed by atoms with E-state index in [1.54, 1.807) is 6.33 Å². The zero-order valence-electron chi connectivity index (χ0n) is 13.6. The number of nitrogens with one attached hydrogen (secondary N) is 2. The van der Waals surface area contributed by atoms with Crippen LogP contribution in [0.3, 0.4) is 0 Å². The summed E-state index contributed by atoms with van der Waals surface area (Å²) in [4.78, 5) is 19.0. The molecule has 1 unspecified atom stereocenters. The first-order valence-corrected chi connectivity index (χ1v) is 8.91. The summed E-state index contributed by atoms with van der Waals surface area (Å²) in [6, 6.07) is 1.51. The van der Waals surface area contributed by atoms with Gasteiger partial charge in [-0.05, 0) is 32.1 Å². The third-order valence-corrected chi connectivity index (χ3v) is 5.31. The molecule has 0 spiro atoms. The number of aromatic nitrogens is 3. The Morgan fingerprint density at radius 2 is 2.00 bits per heavy atom. The van der Waals surface area contributed by atoms with Crippen LogP contribution in [0, 0.1) is 0 Å². The first-order valence-electron chi connectivity index (χ1n) is 8.91. The minimum absolute atomic E-state index is 0.124. The molecule has 1 saturated heterocycles. The number of aryl methyl sites for hydroxylation is 1. The van der Waals surface area contributed by atoms with Crippen molar-refractivity contribution in [2.24, 2.45) is 0 Å². The van der Waals surface area contributed by atoms with Crippen molar-refractivity contribution in [3.8, 4) is 0 Å². The van der Waals surface area contributed by atoms with E-state index in [1.807, 2.05) is 4.68 Å². The maximum absolute atomic E-state index is 12.2. The van der Waals surface area contributed by atoms with Crippen molar-refractivity contribution < 1.29 is 4.79 Å². The number of carbonyl (C=O) groups excluding carboxylic acids is 1. The lowest BCUT2D eigenvalue weighted by Gasteiger charge is -2.32. The van der Waals surface area contributed by atoms with E-state index >= 15 is 0 Å². The molecule has 2 aliphatic heterocycles. The highest BCUT2D eigenvalue weighted by Gasteiger charge is 2.32. The standard InChI is InChI=1S/C16H26N6O/c23-16(20-12-5-7-21(8-6-12)14-2-3-14)9-17-13-1-4-15-18-11-19-22(15)10-13/h11-14,17H,1-10H2,(H,20,23). The molecule has 2 fully saturated rings. The Morgan fingerprint density at radius 3 is 2.78 bits per heavy atom. The SMILES string of the molecule is O=C(CNC1CCc2ncnn2C1)NC1CCN(C2CC2)CC1. The summed E-state index contributed by atoms with van der Waals surface area (Å²) < 4.78 is 1.94. The van der Waals surface area contributed by atoms with Crippen molar-refractivity contribution in [1.82, 2.24) is 30.3 Å². The van der Waals surface area contributed by atoms with Gasteiger partial charge in [0.25, 0.3) is 0 Å². The Kier molecular flexibility index (Phi) is 4.31. The number of hydrogen-bond donors (Lipinski definition) is 2. The van der Waals surface area contributed by atoms with E-state index in [0.29, 0.717) is 18.6 Å². The summed E-state index contributed by atoms with van der Waals surface area (Å²) in [5.74, 6) is 1.18. The van der Waals surface area contributed by atoms with Gasteiger partial charge in [-0.25, -0.2) is 9.67 Å². The number of rotatable bonds is 5. The van der Waals surface area contributed by atoms with E-state index in [4.69, 9.17) is 0 Å².